The maximum absolute atomic E-state index is 13.1. The van der Waals surface area contributed by atoms with Crippen LogP contribution in [0.15, 0.2) is 41.8 Å². The van der Waals surface area contributed by atoms with Gasteiger partial charge in [0, 0.05) is 11.8 Å². The van der Waals surface area contributed by atoms with Crippen molar-refractivity contribution in [1.82, 2.24) is 4.98 Å². The fourth-order valence-corrected chi connectivity index (χ4v) is 1.89. The van der Waals surface area contributed by atoms with Crippen LogP contribution in [0.5, 0.6) is 0 Å². The number of amides is 1. The van der Waals surface area contributed by atoms with Crippen molar-refractivity contribution in [1.29, 1.82) is 0 Å². The maximum Gasteiger partial charge on any atom is 0.257 e. The molecule has 1 aromatic heterocycles. The van der Waals surface area contributed by atoms with Gasteiger partial charge in [0.1, 0.15) is 5.82 Å². The van der Waals surface area contributed by atoms with Crippen LogP contribution in [-0.2, 0) is 0 Å². The summed E-state index contributed by atoms with van der Waals surface area (Å²) in [5, 5.41) is 14.4. The van der Waals surface area contributed by atoms with E-state index in [1.807, 2.05) is 0 Å². The molecule has 4 N–H and O–H groups in total. The summed E-state index contributed by atoms with van der Waals surface area (Å²) >= 11 is 0. The van der Waals surface area contributed by atoms with Gasteiger partial charge in [0.25, 0.3) is 5.91 Å². The zero-order chi connectivity index (χ0) is 15.4. The van der Waals surface area contributed by atoms with Crippen molar-refractivity contribution >= 4 is 17.4 Å². The van der Waals surface area contributed by atoms with E-state index in [-0.39, 0.29) is 11.4 Å². The Morgan fingerprint density at radius 2 is 2.19 bits per heavy atom. The molecular formula is C14H13FN4O2. The monoisotopic (exact) mass is 288 g/mol. The van der Waals surface area contributed by atoms with Gasteiger partial charge in [-0.1, -0.05) is 17.3 Å². The highest BCUT2D eigenvalue weighted by atomic mass is 19.1. The molecule has 0 saturated carbocycles. The standard InChI is InChI=1S/C14H13FN4O2/c1-8-3-2-4-11(12(8)13(16)19-21)18-14(20)9-5-10(15)7-17-6-9/h2-7,21H,1H3,(H2,16,19)(H,18,20). The lowest BCUT2D eigenvalue weighted by atomic mass is 10.1. The quantitative estimate of drug-likeness (QED) is 0.347. The number of amidine groups is 1. The minimum absolute atomic E-state index is 0.0713. The topological polar surface area (TPSA) is 101 Å². The van der Waals surface area contributed by atoms with Crippen LogP contribution in [0.1, 0.15) is 21.5 Å². The molecule has 0 bridgehead atoms. The molecule has 6 nitrogen and oxygen atoms in total. The predicted octanol–water partition coefficient (Wildman–Crippen LogP) is 1.88. The first-order valence-electron chi connectivity index (χ1n) is 6.02. The number of hydrogen-bond donors (Lipinski definition) is 3. The summed E-state index contributed by atoms with van der Waals surface area (Å²) in [5.74, 6) is -1.27. The number of nitrogens with one attached hydrogen (secondary N) is 1. The average Bonchev–Trinajstić information content (AvgIpc) is 2.46. The van der Waals surface area contributed by atoms with Crippen LogP contribution < -0.4 is 11.1 Å². The number of carbonyl (C=O) groups is 1. The number of nitrogens with zero attached hydrogens (tertiary/aromatic N) is 2. The van der Waals surface area contributed by atoms with Gasteiger partial charge in [-0.25, -0.2) is 4.39 Å². The third kappa shape index (κ3) is 3.14. The molecule has 0 spiro atoms. The van der Waals surface area contributed by atoms with E-state index in [4.69, 9.17) is 10.9 Å². The Morgan fingerprint density at radius 3 is 2.86 bits per heavy atom. The van der Waals surface area contributed by atoms with E-state index in [2.05, 4.69) is 15.5 Å². The van der Waals surface area contributed by atoms with Gasteiger partial charge >= 0.3 is 0 Å². The van der Waals surface area contributed by atoms with Crippen LogP contribution in [0.2, 0.25) is 0 Å². The zero-order valence-corrected chi connectivity index (χ0v) is 11.2. The number of pyridine rings is 1. The Bertz CT molecular complexity index is 716. The van der Waals surface area contributed by atoms with E-state index in [1.165, 1.54) is 6.20 Å². The van der Waals surface area contributed by atoms with Crippen LogP contribution in [0.3, 0.4) is 0 Å². The van der Waals surface area contributed by atoms with E-state index < -0.39 is 11.7 Å². The number of nitrogens with two attached hydrogens (primary N) is 1. The summed E-state index contributed by atoms with van der Waals surface area (Å²) in [7, 11) is 0. The first-order chi connectivity index (χ1) is 10.0. The molecule has 21 heavy (non-hydrogen) atoms. The highest BCUT2D eigenvalue weighted by Gasteiger charge is 2.14. The molecule has 7 heteroatoms. The van der Waals surface area contributed by atoms with E-state index >= 15 is 0 Å². The van der Waals surface area contributed by atoms with Crippen LogP contribution >= 0.6 is 0 Å². The maximum atomic E-state index is 13.1. The molecule has 108 valence electrons. The van der Waals surface area contributed by atoms with Crippen molar-refractivity contribution in [2.45, 2.75) is 6.92 Å². The minimum atomic E-state index is -0.608. The molecule has 0 fully saturated rings. The van der Waals surface area contributed by atoms with Gasteiger partial charge in [-0.15, -0.1) is 0 Å². The van der Waals surface area contributed by atoms with Gasteiger partial charge < -0.3 is 16.3 Å². The van der Waals surface area contributed by atoms with Crippen molar-refractivity contribution in [3.05, 3.63) is 59.2 Å². The van der Waals surface area contributed by atoms with E-state index in [0.29, 0.717) is 11.3 Å². The molecule has 0 aliphatic carbocycles. The lowest BCUT2D eigenvalue weighted by molar-refractivity contribution is 0.102. The van der Waals surface area contributed by atoms with E-state index in [1.54, 1.807) is 25.1 Å². The van der Waals surface area contributed by atoms with Crippen molar-refractivity contribution < 1.29 is 14.4 Å². The second-order valence-corrected chi connectivity index (χ2v) is 4.33. The summed E-state index contributed by atoms with van der Waals surface area (Å²) in [4.78, 5) is 15.7. The lowest BCUT2D eigenvalue weighted by Gasteiger charge is -2.12. The van der Waals surface area contributed by atoms with Crippen molar-refractivity contribution in [3.63, 3.8) is 0 Å². The lowest BCUT2D eigenvalue weighted by Crippen LogP contribution is -2.20. The molecule has 1 aromatic carbocycles. The van der Waals surface area contributed by atoms with Gasteiger partial charge in [0.2, 0.25) is 0 Å². The largest absolute Gasteiger partial charge is 0.409 e. The van der Waals surface area contributed by atoms with Crippen LogP contribution in [0.4, 0.5) is 10.1 Å². The number of benzene rings is 1. The van der Waals surface area contributed by atoms with Crippen molar-refractivity contribution in [2.24, 2.45) is 10.9 Å². The molecule has 2 rings (SSSR count). The molecule has 0 aliphatic rings. The fourth-order valence-electron chi connectivity index (χ4n) is 1.89. The first-order valence-corrected chi connectivity index (χ1v) is 6.02. The number of hydrogen-bond acceptors (Lipinski definition) is 4. The zero-order valence-electron chi connectivity index (χ0n) is 11.2. The Kier molecular flexibility index (Phi) is 4.13. The van der Waals surface area contributed by atoms with Gasteiger partial charge in [-0.2, -0.15) is 0 Å². The summed E-state index contributed by atoms with van der Waals surface area (Å²) in [6.45, 7) is 1.76. The highest BCUT2D eigenvalue weighted by Crippen LogP contribution is 2.20. The number of rotatable bonds is 3. The summed E-state index contributed by atoms with van der Waals surface area (Å²) in [5.41, 5.74) is 7.17. The van der Waals surface area contributed by atoms with Gasteiger partial charge in [0.05, 0.1) is 17.4 Å². The summed E-state index contributed by atoms with van der Waals surface area (Å²) in [6.07, 6.45) is 2.25. The molecule has 0 radical (unpaired) electrons. The molecule has 1 amide bonds. The second kappa shape index (κ2) is 6.00. The number of halogens is 1. The summed E-state index contributed by atoms with van der Waals surface area (Å²) in [6, 6.07) is 6.14. The van der Waals surface area contributed by atoms with Gasteiger partial charge in [-0.05, 0) is 24.6 Å². The molecule has 1 heterocycles. The number of carbonyl (C=O) groups excluding carboxylic acids is 1. The fraction of sp³-hybridized carbons (Fsp3) is 0.0714. The molecule has 0 atom stereocenters. The molecule has 0 unspecified atom stereocenters. The van der Waals surface area contributed by atoms with Crippen LogP contribution in [-0.4, -0.2) is 21.9 Å². The van der Waals surface area contributed by atoms with Gasteiger partial charge in [-0.3, -0.25) is 9.78 Å². The Balaban J connectivity index is 2.36. The average molecular weight is 288 g/mol. The van der Waals surface area contributed by atoms with E-state index in [9.17, 15) is 9.18 Å². The number of aromatic nitrogens is 1. The molecule has 0 saturated heterocycles. The third-order valence-electron chi connectivity index (χ3n) is 2.85. The summed E-state index contributed by atoms with van der Waals surface area (Å²) < 4.78 is 13.1. The smallest absolute Gasteiger partial charge is 0.257 e. The van der Waals surface area contributed by atoms with E-state index in [0.717, 1.165) is 17.8 Å². The highest BCUT2D eigenvalue weighted by molar-refractivity contribution is 6.10. The predicted molar refractivity (Wildman–Crippen MR) is 75.8 cm³/mol. The SMILES string of the molecule is Cc1cccc(NC(=O)c2cncc(F)c2)c1/C(N)=N/O. The Hall–Kier alpha value is -2.96. The van der Waals surface area contributed by atoms with Crippen molar-refractivity contribution in [3.8, 4) is 0 Å². The molecular weight excluding hydrogens is 275 g/mol. The Morgan fingerprint density at radius 1 is 1.43 bits per heavy atom. The normalized spacial score (nSPS) is 11.2. The third-order valence-corrected chi connectivity index (χ3v) is 2.85. The number of oxime groups is 1. The van der Waals surface area contributed by atoms with Crippen LogP contribution in [0, 0.1) is 12.7 Å². The molecule has 0 aliphatic heterocycles. The number of anilines is 1. The Labute approximate surface area is 120 Å². The van der Waals surface area contributed by atoms with Crippen molar-refractivity contribution in [2.75, 3.05) is 5.32 Å². The minimum Gasteiger partial charge on any atom is -0.409 e. The molecule has 2 aromatic rings. The number of aryl methyl sites for hydroxylation is 1. The van der Waals surface area contributed by atoms with Gasteiger partial charge in [0.15, 0.2) is 5.84 Å². The second-order valence-electron chi connectivity index (χ2n) is 4.33. The van der Waals surface area contributed by atoms with Crippen LogP contribution in [0.25, 0.3) is 0 Å². The first kappa shape index (κ1) is 14.4.